The van der Waals surface area contributed by atoms with Crippen LogP contribution in [0.5, 0.6) is 0 Å². The third-order valence-corrected chi connectivity index (χ3v) is 3.71. The highest BCUT2D eigenvalue weighted by molar-refractivity contribution is 5.89. The first-order chi connectivity index (χ1) is 8.24. The molecule has 0 saturated heterocycles. The first-order valence-corrected chi connectivity index (χ1v) is 5.80. The quantitative estimate of drug-likeness (QED) is 0.863. The molecule has 1 aliphatic carbocycles. The standard InChI is InChI=1S/C13H13NO3/c15-12(16)13(5-1-2-6-13)9-8-17-10-4-3-7-14-11(9)10/h3-4,7-8H,1-2,5-6H2,(H,15,16). The molecule has 1 fully saturated rings. The van der Waals surface area contributed by atoms with E-state index in [1.54, 1.807) is 18.5 Å². The molecular weight excluding hydrogens is 218 g/mol. The van der Waals surface area contributed by atoms with E-state index in [1.165, 1.54) is 0 Å². The fourth-order valence-corrected chi connectivity index (χ4v) is 2.78. The Morgan fingerprint density at radius 3 is 2.88 bits per heavy atom. The fraction of sp³-hybridized carbons (Fsp3) is 0.385. The van der Waals surface area contributed by atoms with Crippen molar-refractivity contribution in [1.82, 2.24) is 4.98 Å². The third-order valence-electron chi connectivity index (χ3n) is 3.71. The van der Waals surface area contributed by atoms with Gasteiger partial charge in [-0.15, -0.1) is 0 Å². The Morgan fingerprint density at radius 1 is 1.41 bits per heavy atom. The van der Waals surface area contributed by atoms with E-state index in [9.17, 15) is 9.90 Å². The molecule has 2 heterocycles. The van der Waals surface area contributed by atoms with Crippen molar-refractivity contribution in [2.45, 2.75) is 31.1 Å². The van der Waals surface area contributed by atoms with Crippen LogP contribution in [-0.2, 0) is 10.2 Å². The summed E-state index contributed by atoms with van der Waals surface area (Å²) in [4.78, 5) is 15.9. The van der Waals surface area contributed by atoms with Crippen LogP contribution in [0.25, 0.3) is 11.1 Å². The SMILES string of the molecule is O=C(O)C1(c2coc3cccnc23)CCCC1. The van der Waals surface area contributed by atoms with Crippen molar-refractivity contribution in [2.24, 2.45) is 0 Å². The second-order valence-corrected chi connectivity index (χ2v) is 4.59. The Balaban J connectivity index is 2.22. The van der Waals surface area contributed by atoms with Gasteiger partial charge in [-0.2, -0.15) is 0 Å². The van der Waals surface area contributed by atoms with E-state index >= 15 is 0 Å². The average Bonchev–Trinajstić information content (AvgIpc) is 2.95. The van der Waals surface area contributed by atoms with Crippen LogP contribution in [0.4, 0.5) is 0 Å². The van der Waals surface area contributed by atoms with Gasteiger partial charge in [0.25, 0.3) is 0 Å². The van der Waals surface area contributed by atoms with Crippen LogP contribution in [0, 0.1) is 0 Å². The van der Waals surface area contributed by atoms with Crippen molar-refractivity contribution < 1.29 is 14.3 Å². The Bertz CT molecular complexity index is 567. The molecule has 3 rings (SSSR count). The highest BCUT2D eigenvalue weighted by atomic mass is 16.4. The zero-order valence-corrected chi connectivity index (χ0v) is 9.35. The average molecular weight is 231 g/mol. The Labute approximate surface area is 98.3 Å². The summed E-state index contributed by atoms with van der Waals surface area (Å²) in [7, 11) is 0. The lowest BCUT2D eigenvalue weighted by atomic mass is 9.80. The maximum Gasteiger partial charge on any atom is 0.314 e. The summed E-state index contributed by atoms with van der Waals surface area (Å²) in [6, 6.07) is 3.61. The van der Waals surface area contributed by atoms with Gasteiger partial charge in [-0.25, -0.2) is 0 Å². The summed E-state index contributed by atoms with van der Waals surface area (Å²) in [5.74, 6) is -0.761. The molecule has 4 nitrogen and oxygen atoms in total. The van der Waals surface area contributed by atoms with Gasteiger partial charge < -0.3 is 9.52 Å². The van der Waals surface area contributed by atoms with Crippen LogP contribution in [0.1, 0.15) is 31.2 Å². The van der Waals surface area contributed by atoms with Crippen LogP contribution in [0.15, 0.2) is 29.0 Å². The number of nitrogens with zero attached hydrogens (tertiary/aromatic N) is 1. The summed E-state index contributed by atoms with van der Waals surface area (Å²) in [6.07, 6.45) is 6.49. The number of pyridine rings is 1. The molecule has 0 aliphatic heterocycles. The first kappa shape index (κ1) is 10.3. The van der Waals surface area contributed by atoms with Gasteiger partial charge in [0.2, 0.25) is 0 Å². The first-order valence-electron chi connectivity index (χ1n) is 5.80. The minimum Gasteiger partial charge on any atom is -0.481 e. The highest BCUT2D eigenvalue weighted by Gasteiger charge is 2.45. The van der Waals surface area contributed by atoms with Crippen LogP contribution < -0.4 is 0 Å². The van der Waals surface area contributed by atoms with Crippen LogP contribution in [0.2, 0.25) is 0 Å². The number of rotatable bonds is 2. The summed E-state index contributed by atoms with van der Waals surface area (Å²) in [5, 5.41) is 9.53. The minimum atomic E-state index is -0.792. The summed E-state index contributed by atoms with van der Waals surface area (Å²) in [6.45, 7) is 0. The van der Waals surface area contributed by atoms with Gasteiger partial charge in [0, 0.05) is 11.8 Å². The van der Waals surface area contributed by atoms with Crippen molar-refractivity contribution in [3.63, 3.8) is 0 Å². The van der Waals surface area contributed by atoms with Crippen LogP contribution in [-0.4, -0.2) is 16.1 Å². The number of furan rings is 1. The van der Waals surface area contributed by atoms with E-state index in [2.05, 4.69) is 4.98 Å². The minimum absolute atomic E-state index is 0.662. The van der Waals surface area contributed by atoms with E-state index in [0.29, 0.717) is 23.9 Å². The number of aliphatic carboxylic acids is 1. The van der Waals surface area contributed by atoms with Crippen molar-refractivity contribution in [3.05, 3.63) is 30.2 Å². The van der Waals surface area contributed by atoms with E-state index in [0.717, 1.165) is 18.4 Å². The summed E-state index contributed by atoms with van der Waals surface area (Å²) in [5.41, 5.74) is 1.30. The number of carboxylic acid groups (broad SMARTS) is 1. The molecule has 0 unspecified atom stereocenters. The van der Waals surface area contributed by atoms with E-state index < -0.39 is 11.4 Å². The van der Waals surface area contributed by atoms with Gasteiger partial charge in [-0.05, 0) is 25.0 Å². The second-order valence-electron chi connectivity index (χ2n) is 4.59. The Morgan fingerprint density at radius 2 is 2.18 bits per heavy atom. The maximum atomic E-state index is 11.6. The number of hydrogen-bond acceptors (Lipinski definition) is 3. The summed E-state index contributed by atoms with van der Waals surface area (Å²) < 4.78 is 5.41. The van der Waals surface area contributed by atoms with Gasteiger partial charge in [-0.3, -0.25) is 9.78 Å². The second kappa shape index (κ2) is 3.58. The predicted molar refractivity (Wildman–Crippen MR) is 61.8 cm³/mol. The van der Waals surface area contributed by atoms with E-state index in [4.69, 9.17) is 4.42 Å². The molecule has 88 valence electrons. The predicted octanol–water partition coefficient (Wildman–Crippen LogP) is 2.72. The number of carboxylic acids is 1. The maximum absolute atomic E-state index is 11.6. The molecule has 0 radical (unpaired) electrons. The molecule has 2 aromatic rings. The molecular formula is C13H13NO3. The van der Waals surface area contributed by atoms with Gasteiger partial charge in [0.15, 0.2) is 5.58 Å². The molecule has 1 saturated carbocycles. The molecule has 4 heteroatoms. The molecule has 2 aromatic heterocycles. The lowest BCUT2D eigenvalue weighted by molar-refractivity contribution is -0.143. The Kier molecular flexibility index (Phi) is 2.18. The van der Waals surface area contributed by atoms with Gasteiger partial charge in [0.1, 0.15) is 5.52 Å². The van der Waals surface area contributed by atoms with Gasteiger partial charge in [0.05, 0.1) is 11.7 Å². The van der Waals surface area contributed by atoms with E-state index in [1.807, 2.05) is 6.07 Å². The topological polar surface area (TPSA) is 63.3 Å². The normalized spacial score (nSPS) is 18.6. The number of aromatic nitrogens is 1. The van der Waals surface area contributed by atoms with Crippen molar-refractivity contribution >= 4 is 17.1 Å². The molecule has 0 bridgehead atoms. The zero-order valence-electron chi connectivity index (χ0n) is 9.35. The zero-order chi connectivity index (χ0) is 11.9. The molecule has 0 aromatic carbocycles. The molecule has 0 amide bonds. The van der Waals surface area contributed by atoms with Crippen LogP contribution in [0.3, 0.4) is 0 Å². The molecule has 0 spiro atoms. The number of fused-ring (bicyclic) bond motifs is 1. The number of carbonyl (C=O) groups is 1. The molecule has 1 N–H and O–H groups in total. The van der Waals surface area contributed by atoms with Crippen molar-refractivity contribution in [2.75, 3.05) is 0 Å². The van der Waals surface area contributed by atoms with E-state index in [-0.39, 0.29) is 0 Å². The monoisotopic (exact) mass is 231 g/mol. The lowest BCUT2D eigenvalue weighted by Gasteiger charge is -2.22. The van der Waals surface area contributed by atoms with Crippen molar-refractivity contribution in [3.8, 4) is 0 Å². The molecule has 17 heavy (non-hydrogen) atoms. The van der Waals surface area contributed by atoms with Crippen molar-refractivity contribution in [1.29, 1.82) is 0 Å². The number of hydrogen-bond donors (Lipinski definition) is 1. The largest absolute Gasteiger partial charge is 0.481 e. The molecule has 1 aliphatic rings. The fourth-order valence-electron chi connectivity index (χ4n) is 2.78. The Hall–Kier alpha value is -1.84. The third kappa shape index (κ3) is 1.37. The van der Waals surface area contributed by atoms with Gasteiger partial charge >= 0.3 is 5.97 Å². The smallest absolute Gasteiger partial charge is 0.314 e. The summed E-state index contributed by atoms with van der Waals surface area (Å²) >= 11 is 0. The lowest BCUT2D eigenvalue weighted by Crippen LogP contribution is -2.32. The van der Waals surface area contributed by atoms with Gasteiger partial charge in [-0.1, -0.05) is 12.8 Å². The molecule has 0 atom stereocenters. The highest BCUT2D eigenvalue weighted by Crippen LogP contribution is 2.44. The van der Waals surface area contributed by atoms with Crippen LogP contribution >= 0.6 is 0 Å².